The molecule has 0 aromatic heterocycles. The van der Waals surface area contributed by atoms with Gasteiger partial charge in [0, 0.05) is 18.7 Å². The van der Waals surface area contributed by atoms with Gasteiger partial charge in [-0.15, -0.1) is 0 Å². The van der Waals surface area contributed by atoms with Gasteiger partial charge in [-0.25, -0.2) is 0 Å². The number of methoxy groups -OCH3 is 1. The average molecular weight is 395 g/mol. The Kier molecular flexibility index (Phi) is 8.51. The average Bonchev–Trinajstić information content (AvgIpc) is 2.72. The van der Waals surface area contributed by atoms with E-state index in [4.69, 9.17) is 14.7 Å². The third kappa shape index (κ3) is 7.18. The van der Waals surface area contributed by atoms with Gasteiger partial charge in [-0.3, -0.25) is 9.59 Å². The third-order valence-electron chi connectivity index (χ3n) is 4.11. The van der Waals surface area contributed by atoms with E-state index in [0.29, 0.717) is 43.2 Å². The van der Waals surface area contributed by atoms with E-state index in [2.05, 4.69) is 10.6 Å². The van der Waals surface area contributed by atoms with Crippen molar-refractivity contribution in [3.05, 3.63) is 53.6 Å². The van der Waals surface area contributed by atoms with Crippen LogP contribution in [-0.2, 0) is 22.6 Å². The number of nitrogens with zero attached hydrogens (tertiary/aromatic N) is 1. The lowest BCUT2D eigenvalue weighted by Gasteiger charge is -2.11. The highest BCUT2D eigenvalue weighted by molar-refractivity contribution is 5.90. The number of ether oxygens (including phenoxy) is 2. The fourth-order valence-electron chi connectivity index (χ4n) is 2.72. The van der Waals surface area contributed by atoms with E-state index in [1.807, 2.05) is 31.2 Å². The molecule has 0 radical (unpaired) electrons. The van der Waals surface area contributed by atoms with Gasteiger partial charge in [0.1, 0.15) is 6.42 Å². The molecule has 0 fully saturated rings. The van der Waals surface area contributed by atoms with Crippen LogP contribution in [0.4, 0.5) is 5.69 Å². The summed E-state index contributed by atoms with van der Waals surface area (Å²) < 4.78 is 10.8. The Morgan fingerprint density at radius 3 is 2.62 bits per heavy atom. The number of hydrogen-bond donors (Lipinski definition) is 2. The van der Waals surface area contributed by atoms with Crippen molar-refractivity contribution in [3.8, 4) is 17.6 Å². The summed E-state index contributed by atoms with van der Waals surface area (Å²) in [6.07, 6.45) is 0.714. The van der Waals surface area contributed by atoms with E-state index in [0.717, 1.165) is 11.1 Å². The number of nitriles is 1. The summed E-state index contributed by atoms with van der Waals surface area (Å²) >= 11 is 0. The summed E-state index contributed by atoms with van der Waals surface area (Å²) in [5, 5.41) is 14.0. The molecule has 152 valence electrons. The lowest BCUT2D eigenvalue weighted by molar-refractivity contribution is -0.120. The molecule has 0 heterocycles. The summed E-state index contributed by atoms with van der Waals surface area (Å²) in [6.45, 7) is 2.77. The maximum Gasteiger partial charge on any atom is 0.234 e. The van der Waals surface area contributed by atoms with Crippen LogP contribution >= 0.6 is 0 Å². The Morgan fingerprint density at radius 1 is 1.07 bits per heavy atom. The smallest absolute Gasteiger partial charge is 0.234 e. The molecule has 2 aromatic rings. The summed E-state index contributed by atoms with van der Waals surface area (Å²) in [7, 11) is 1.59. The molecular weight excluding hydrogens is 370 g/mol. The number of carbonyl (C=O) groups is 2. The Hall–Kier alpha value is -3.53. The van der Waals surface area contributed by atoms with E-state index in [-0.39, 0.29) is 18.2 Å². The van der Waals surface area contributed by atoms with Crippen molar-refractivity contribution >= 4 is 17.5 Å². The summed E-state index contributed by atoms with van der Waals surface area (Å²) in [4.78, 5) is 23.7. The Labute approximate surface area is 170 Å². The van der Waals surface area contributed by atoms with Crippen LogP contribution in [0.3, 0.4) is 0 Å². The molecule has 0 spiro atoms. The minimum Gasteiger partial charge on any atom is -0.493 e. The first-order valence-electron chi connectivity index (χ1n) is 9.37. The highest BCUT2D eigenvalue weighted by Crippen LogP contribution is 2.28. The molecule has 0 aliphatic carbocycles. The van der Waals surface area contributed by atoms with E-state index in [1.54, 1.807) is 31.4 Å². The van der Waals surface area contributed by atoms with Crippen molar-refractivity contribution in [2.24, 2.45) is 0 Å². The van der Waals surface area contributed by atoms with Crippen molar-refractivity contribution in [1.29, 1.82) is 5.26 Å². The molecule has 0 saturated heterocycles. The lowest BCUT2D eigenvalue weighted by atomic mass is 10.1. The number of benzene rings is 2. The summed E-state index contributed by atoms with van der Waals surface area (Å²) in [5.41, 5.74) is 2.48. The van der Waals surface area contributed by atoms with Crippen molar-refractivity contribution < 1.29 is 19.1 Å². The first kappa shape index (κ1) is 21.8. The second-order valence-corrected chi connectivity index (χ2v) is 6.28. The van der Waals surface area contributed by atoms with Gasteiger partial charge in [0.05, 0.1) is 19.8 Å². The topological polar surface area (TPSA) is 100 Å². The van der Waals surface area contributed by atoms with Crippen LogP contribution in [0.5, 0.6) is 11.5 Å². The number of rotatable bonds is 10. The molecule has 0 aliphatic heterocycles. The normalized spacial score (nSPS) is 9.97. The Balaban J connectivity index is 1.88. The second kappa shape index (κ2) is 11.3. The van der Waals surface area contributed by atoms with E-state index >= 15 is 0 Å². The molecular formula is C22H25N3O4. The van der Waals surface area contributed by atoms with Crippen molar-refractivity contribution in [2.45, 2.75) is 32.7 Å². The van der Waals surface area contributed by atoms with Crippen LogP contribution in [-0.4, -0.2) is 25.5 Å². The van der Waals surface area contributed by atoms with Crippen LogP contribution < -0.4 is 20.1 Å². The van der Waals surface area contributed by atoms with Gasteiger partial charge in [0.2, 0.25) is 11.8 Å². The first-order chi connectivity index (χ1) is 14.0. The number of anilines is 1. The minimum atomic E-state index is -0.326. The van der Waals surface area contributed by atoms with Crippen LogP contribution in [0.2, 0.25) is 0 Å². The monoisotopic (exact) mass is 395 g/mol. The van der Waals surface area contributed by atoms with E-state index in [1.165, 1.54) is 0 Å². The zero-order chi connectivity index (χ0) is 21.1. The van der Waals surface area contributed by atoms with Gasteiger partial charge < -0.3 is 20.1 Å². The van der Waals surface area contributed by atoms with Gasteiger partial charge >= 0.3 is 0 Å². The molecule has 2 amide bonds. The fourth-order valence-corrected chi connectivity index (χ4v) is 2.72. The number of nitrogens with one attached hydrogen (secondary N) is 2. The largest absolute Gasteiger partial charge is 0.493 e. The zero-order valence-electron chi connectivity index (χ0n) is 16.7. The Morgan fingerprint density at radius 2 is 1.90 bits per heavy atom. The molecule has 29 heavy (non-hydrogen) atoms. The van der Waals surface area contributed by atoms with Crippen molar-refractivity contribution in [3.63, 3.8) is 0 Å². The number of amides is 2. The first-order valence-corrected chi connectivity index (χ1v) is 9.37. The van der Waals surface area contributed by atoms with Gasteiger partial charge in [-0.2, -0.15) is 5.26 Å². The predicted octanol–water partition coefficient (Wildman–Crippen LogP) is 3.20. The summed E-state index contributed by atoms with van der Waals surface area (Å²) in [5.74, 6) is 0.897. The molecule has 0 unspecified atom stereocenters. The molecule has 0 bridgehead atoms. The molecule has 2 N–H and O–H groups in total. The summed E-state index contributed by atoms with van der Waals surface area (Å²) in [6, 6.07) is 14.7. The van der Waals surface area contributed by atoms with Crippen LogP contribution in [0.1, 0.15) is 30.9 Å². The lowest BCUT2D eigenvalue weighted by Crippen LogP contribution is -2.22. The maximum atomic E-state index is 12.3. The third-order valence-corrected chi connectivity index (χ3v) is 4.11. The second-order valence-electron chi connectivity index (χ2n) is 6.28. The number of carbonyl (C=O) groups excluding carboxylic acids is 2. The number of hydrogen-bond acceptors (Lipinski definition) is 5. The zero-order valence-corrected chi connectivity index (χ0v) is 16.7. The molecule has 7 heteroatoms. The molecule has 0 saturated carbocycles. The highest BCUT2D eigenvalue weighted by Gasteiger charge is 2.08. The molecule has 0 aliphatic rings. The minimum absolute atomic E-state index is 0.108. The molecule has 2 rings (SSSR count). The maximum absolute atomic E-state index is 12.3. The predicted molar refractivity (Wildman–Crippen MR) is 110 cm³/mol. The standard InChI is InChI=1S/C22H25N3O4/c1-3-29-19-9-7-16(14-20(19)28-2)8-10-22(27)25-18-6-4-5-17(13-18)15-24-21(26)11-12-23/h4-7,9,13-14H,3,8,10-11,15H2,1-2H3,(H,24,26)(H,25,27). The van der Waals surface area contributed by atoms with E-state index in [9.17, 15) is 9.59 Å². The van der Waals surface area contributed by atoms with Gasteiger partial charge in [0.25, 0.3) is 0 Å². The van der Waals surface area contributed by atoms with Crippen molar-refractivity contribution in [1.82, 2.24) is 5.32 Å². The van der Waals surface area contributed by atoms with Crippen LogP contribution in [0, 0.1) is 11.3 Å². The molecule has 2 aromatic carbocycles. The fraction of sp³-hybridized carbons (Fsp3) is 0.318. The Bertz CT molecular complexity index is 890. The van der Waals surface area contributed by atoms with Crippen LogP contribution in [0.15, 0.2) is 42.5 Å². The van der Waals surface area contributed by atoms with Crippen LogP contribution in [0.25, 0.3) is 0 Å². The van der Waals surface area contributed by atoms with Gasteiger partial charge in [-0.05, 0) is 48.7 Å². The molecule has 0 atom stereocenters. The molecule has 7 nitrogen and oxygen atoms in total. The van der Waals surface area contributed by atoms with E-state index < -0.39 is 0 Å². The van der Waals surface area contributed by atoms with Crippen molar-refractivity contribution in [2.75, 3.05) is 19.0 Å². The van der Waals surface area contributed by atoms with Gasteiger partial charge in [0.15, 0.2) is 11.5 Å². The highest BCUT2D eigenvalue weighted by atomic mass is 16.5. The quantitative estimate of drug-likeness (QED) is 0.643. The SMILES string of the molecule is CCOc1ccc(CCC(=O)Nc2cccc(CNC(=O)CC#N)c2)cc1OC. The van der Waals surface area contributed by atoms with Gasteiger partial charge in [-0.1, -0.05) is 18.2 Å². The number of aryl methyl sites for hydroxylation is 1.